The van der Waals surface area contributed by atoms with Crippen LogP contribution in [0.2, 0.25) is 0 Å². The van der Waals surface area contributed by atoms with Crippen molar-refractivity contribution in [2.45, 2.75) is 31.9 Å². The number of hydrogen-bond donors (Lipinski definition) is 1. The summed E-state index contributed by atoms with van der Waals surface area (Å²) >= 11 is 0. The largest absolute Gasteiger partial charge is 0.479 e. The fourth-order valence-corrected chi connectivity index (χ4v) is 4.06. The molecular weight excluding hydrogens is 445 g/mol. The number of benzene rings is 1. The first kappa shape index (κ1) is 23.5. The Morgan fingerprint density at radius 1 is 1.24 bits per heavy atom. The van der Waals surface area contributed by atoms with Gasteiger partial charge in [0, 0.05) is 19.2 Å². The highest BCUT2D eigenvalue weighted by Gasteiger charge is 2.36. The predicted octanol–water partition coefficient (Wildman–Crippen LogP) is 4.73. The number of aliphatic imine (C=N–C) groups is 1. The molecular formula is C24H25F3N6O. The van der Waals surface area contributed by atoms with Crippen molar-refractivity contribution in [3.8, 4) is 11.6 Å². The number of nitrogens with zero attached hydrogens (tertiary/aromatic N) is 5. The summed E-state index contributed by atoms with van der Waals surface area (Å²) in [6.45, 7) is 6.26. The second kappa shape index (κ2) is 9.30. The number of amidine groups is 1. The van der Waals surface area contributed by atoms with Gasteiger partial charge in [-0.2, -0.15) is 13.2 Å². The summed E-state index contributed by atoms with van der Waals surface area (Å²) in [7, 11) is 1.51. The average molecular weight is 470 g/mol. The van der Waals surface area contributed by atoms with Crippen molar-refractivity contribution in [1.82, 2.24) is 19.5 Å². The van der Waals surface area contributed by atoms with Crippen LogP contribution >= 0.6 is 0 Å². The Morgan fingerprint density at radius 3 is 2.68 bits per heavy atom. The zero-order chi connectivity index (χ0) is 24.5. The fourth-order valence-electron chi connectivity index (χ4n) is 4.06. The van der Waals surface area contributed by atoms with Crippen LogP contribution in [-0.4, -0.2) is 39.0 Å². The molecule has 0 spiro atoms. The fraction of sp³-hybridized carbons (Fsp3) is 0.292. The van der Waals surface area contributed by atoms with Crippen LogP contribution in [0.5, 0.6) is 5.88 Å². The first-order valence-electron chi connectivity index (χ1n) is 10.7. The normalized spacial score (nSPS) is 17.8. The SMILES string of the molecule is C=C(/N=C1/C[C@H](c2ccccc2C(F)(F)F)CCN1N)c1ccc(-n2cnc(C)c2)c(OC)n1. The third-order valence-corrected chi connectivity index (χ3v) is 5.77. The molecule has 1 saturated heterocycles. The minimum Gasteiger partial charge on any atom is -0.479 e. The number of hydrazine groups is 1. The summed E-state index contributed by atoms with van der Waals surface area (Å²) in [6.07, 6.45) is -0.169. The Hall–Kier alpha value is -3.66. The molecule has 7 nitrogen and oxygen atoms in total. The van der Waals surface area contributed by atoms with Gasteiger partial charge in [-0.15, -0.1) is 0 Å². The Balaban J connectivity index is 1.60. The topological polar surface area (TPSA) is 81.6 Å². The van der Waals surface area contributed by atoms with Gasteiger partial charge in [-0.1, -0.05) is 24.8 Å². The maximum Gasteiger partial charge on any atom is 0.416 e. The van der Waals surface area contributed by atoms with E-state index in [1.807, 2.05) is 19.2 Å². The van der Waals surface area contributed by atoms with Crippen LogP contribution in [0.15, 0.2) is 60.5 Å². The van der Waals surface area contributed by atoms with Gasteiger partial charge in [-0.25, -0.2) is 20.8 Å². The second-order valence-electron chi connectivity index (χ2n) is 8.09. The Bertz CT molecular complexity index is 1230. The lowest BCUT2D eigenvalue weighted by molar-refractivity contribution is -0.138. The third-order valence-electron chi connectivity index (χ3n) is 5.77. The second-order valence-corrected chi connectivity index (χ2v) is 8.09. The minimum absolute atomic E-state index is 0.251. The summed E-state index contributed by atoms with van der Waals surface area (Å²) in [5.41, 5.74) is 1.98. The molecule has 3 heterocycles. The van der Waals surface area contributed by atoms with Crippen molar-refractivity contribution in [2.24, 2.45) is 10.8 Å². The van der Waals surface area contributed by atoms with Crippen LogP contribution in [0.1, 0.15) is 41.3 Å². The smallest absolute Gasteiger partial charge is 0.416 e. The quantitative estimate of drug-likeness (QED) is 0.546. The number of halogens is 3. The van der Waals surface area contributed by atoms with E-state index >= 15 is 0 Å². The maximum absolute atomic E-state index is 13.5. The molecule has 178 valence electrons. The van der Waals surface area contributed by atoms with Crippen molar-refractivity contribution in [1.29, 1.82) is 0 Å². The van der Waals surface area contributed by atoms with Gasteiger partial charge < -0.3 is 9.30 Å². The molecule has 2 aromatic heterocycles. The van der Waals surface area contributed by atoms with Crippen LogP contribution < -0.4 is 10.6 Å². The molecule has 0 saturated carbocycles. The molecule has 34 heavy (non-hydrogen) atoms. The van der Waals surface area contributed by atoms with Crippen molar-refractivity contribution < 1.29 is 17.9 Å². The molecule has 0 bridgehead atoms. The summed E-state index contributed by atoms with van der Waals surface area (Å²) in [6, 6.07) is 9.22. The first-order chi connectivity index (χ1) is 16.2. The van der Waals surface area contributed by atoms with Crippen molar-refractivity contribution >= 4 is 11.5 Å². The standard InChI is InChI=1S/C24H25F3N6O/c1-15-13-32(14-29-15)21-9-8-20(31-23(21)34-3)16(2)30-22-12-17(10-11-33(22)28)18-6-4-5-7-19(18)24(25,26)27/h4-9,13-14,17H,2,10-12,28H2,1,3H3/b30-22-/t17-/m1/s1. The molecule has 1 aliphatic heterocycles. The lowest BCUT2D eigenvalue weighted by Crippen LogP contribution is -2.43. The molecule has 1 aliphatic rings. The van der Waals surface area contributed by atoms with E-state index in [4.69, 9.17) is 10.6 Å². The number of ether oxygens (including phenoxy) is 1. The highest BCUT2D eigenvalue weighted by molar-refractivity contribution is 5.88. The van der Waals surface area contributed by atoms with Crippen molar-refractivity contribution in [2.75, 3.05) is 13.7 Å². The van der Waals surface area contributed by atoms with Gasteiger partial charge >= 0.3 is 6.18 Å². The lowest BCUT2D eigenvalue weighted by Gasteiger charge is -2.32. The van der Waals surface area contributed by atoms with E-state index < -0.39 is 11.7 Å². The number of piperidine rings is 1. The van der Waals surface area contributed by atoms with Crippen LogP contribution in [0, 0.1) is 6.92 Å². The average Bonchev–Trinajstić information content (AvgIpc) is 3.25. The molecule has 10 heteroatoms. The van der Waals surface area contributed by atoms with E-state index in [1.54, 1.807) is 23.0 Å². The van der Waals surface area contributed by atoms with Gasteiger partial charge in [0.05, 0.1) is 36.1 Å². The Kier molecular flexibility index (Phi) is 6.43. The highest BCUT2D eigenvalue weighted by atomic mass is 19.4. The number of rotatable bonds is 5. The van der Waals surface area contributed by atoms with Gasteiger partial charge in [0.25, 0.3) is 0 Å². The number of aromatic nitrogens is 3. The first-order valence-corrected chi connectivity index (χ1v) is 10.7. The third kappa shape index (κ3) is 4.81. The minimum atomic E-state index is -4.42. The lowest BCUT2D eigenvalue weighted by atomic mass is 9.86. The van der Waals surface area contributed by atoms with Crippen LogP contribution in [0.3, 0.4) is 0 Å². The predicted molar refractivity (Wildman–Crippen MR) is 123 cm³/mol. The van der Waals surface area contributed by atoms with Gasteiger partial charge in [0.1, 0.15) is 11.5 Å². The van der Waals surface area contributed by atoms with Crippen molar-refractivity contribution in [3.05, 3.63) is 78.0 Å². The molecule has 1 aromatic carbocycles. The zero-order valence-electron chi connectivity index (χ0n) is 18.9. The molecule has 0 radical (unpaired) electrons. The molecule has 1 atom stereocenters. The molecule has 0 aliphatic carbocycles. The van der Waals surface area contributed by atoms with E-state index in [2.05, 4.69) is 21.5 Å². The number of aryl methyl sites for hydroxylation is 1. The molecule has 1 fully saturated rings. The van der Waals surface area contributed by atoms with Gasteiger partial charge in [-0.05, 0) is 43.0 Å². The summed E-state index contributed by atoms with van der Waals surface area (Å²) in [5.74, 6) is 6.56. The Labute approximate surface area is 195 Å². The van der Waals surface area contributed by atoms with E-state index in [0.717, 1.165) is 11.8 Å². The number of pyridine rings is 1. The van der Waals surface area contributed by atoms with E-state index in [0.29, 0.717) is 41.8 Å². The van der Waals surface area contributed by atoms with Crippen LogP contribution in [0.25, 0.3) is 11.4 Å². The van der Waals surface area contributed by atoms with Crippen molar-refractivity contribution in [3.63, 3.8) is 0 Å². The number of methoxy groups -OCH3 is 1. The monoisotopic (exact) mass is 470 g/mol. The maximum atomic E-state index is 13.5. The molecule has 4 rings (SSSR count). The van der Waals surface area contributed by atoms with E-state index in [9.17, 15) is 13.2 Å². The number of hydrogen-bond acceptors (Lipinski definition) is 5. The molecule has 2 N–H and O–H groups in total. The molecule has 0 unspecified atom stereocenters. The highest BCUT2D eigenvalue weighted by Crippen LogP contribution is 2.39. The van der Waals surface area contributed by atoms with Gasteiger partial charge in [0.15, 0.2) is 0 Å². The summed E-state index contributed by atoms with van der Waals surface area (Å²) in [4.78, 5) is 13.3. The van der Waals surface area contributed by atoms with Gasteiger partial charge in [0.2, 0.25) is 5.88 Å². The van der Waals surface area contributed by atoms with Crippen LogP contribution in [-0.2, 0) is 6.18 Å². The zero-order valence-corrected chi connectivity index (χ0v) is 18.9. The summed E-state index contributed by atoms with van der Waals surface area (Å²) in [5, 5.41) is 1.46. The number of imidazole rings is 1. The van der Waals surface area contributed by atoms with Gasteiger partial charge in [-0.3, -0.25) is 5.01 Å². The number of nitrogens with two attached hydrogens (primary N) is 1. The van der Waals surface area contributed by atoms with E-state index in [-0.39, 0.29) is 17.9 Å². The molecule has 3 aromatic rings. The van der Waals surface area contributed by atoms with Crippen LogP contribution in [0.4, 0.5) is 13.2 Å². The Morgan fingerprint density at radius 2 is 2.00 bits per heavy atom. The number of alkyl halides is 3. The van der Waals surface area contributed by atoms with E-state index in [1.165, 1.54) is 24.3 Å². The molecule has 0 amide bonds. The summed E-state index contributed by atoms with van der Waals surface area (Å²) < 4.78 is 47.8.